The molecule has 132 valence electrons. The Labute approximate surface area is 150 Å². The average molecular weight is 389 g/mol. The fourth-order valence-electron chi connectivity index (χ4n) is 1.73. The summed E-state index contributed by atoms with van der Waals surface area (Å²) >= 11 is 2.94. The molecule has 1 N–H and O–H groups in total. The molecule has 0 unspecified atom stereocenters. The molecule has 10 heteroatoms. The molecule has 0 spiro atoms. The minimum absolute atomic E-state index is 0.140. The topological polar surface area (TPSA) is 84.4 Å². The summed E-state index contributed by atoms with van der Waals surface area (Å²) in [5.41, 5.74) is 0.874. The molecule has 0 aliphatic rings. The van der Waals surface area contributed by atoms with Crippen LogP contribution in [-0.2, 0) is 10.0 Å². The van der Waals surface area contributed by atoms with Crippen LogP contribution in [0.5, 0.6) is 5.75 Å². The van der Waals surface area contributed by atoms with E-state index in [1.807, 2.05) is 24.3 Å². The fraction of sp³-hybridized carbons (Fsp3) is 0.429. The van der Waals surface area contributed by atoms with Crippen LogP contribution in [0.25, 0.3) is 0 Å². The molecule has 0 bridgehead atoms. The van der Waals surface area contributed by atoms with Crippen molar-refractivity contribution in [2.75, 3.05) is 38.0 Å². The highest BCUT2D eigenvalue weighted by Gasteiger charge is 2.13. The van der Waals surface area contributed by atoms with Crippen molar-refractivity contribution >= 4 is 43.9 Å². The Bertz CT molecular complexity index is 762. The smallest absolute Gasteiger partial charge is 0.213 e. The standard InChI is InChI=1S/C14H20N4O3S3/c1-18(2)24(19,20)9-5-8-22-14-17-16-13(23-14)15-11-6-4-7-12(10-11)21-3/h4,6-7,10H,5,8-9H2,1-3H3,(H,15,16). The zero-order valence-electron chi connectivity index (χ0n) is 13.7. The van der Waals surface area contributed by atoms with E-state index >= 15 is 0 Å². The van der Waals surface area contributed by atoms with Crippen molar-refractivity contribution in [1.82, 2.24) is 14.5 Å². The lowest BCUT2D eigenvalue weighted by Gasteiger charge is -2.10. The van der Waals surface area contributed by atoms with Gasteiger partial charge in [-0.2, -0.15) is 0 Å². The first-order valence-electron chi connectivity index (χ1n) is 7.18. The Kier molecular flexibility index (Phi) is 6.84. The van der Waals surface area contributed by atoms with E-state index in [0.717, 1.165) is 15.8 Å². The molecule has 0 radical (unpaired) electrons. The zero-order valence-corrected chi connectivity index (χ0v) is 16.2. The maximum Gasteiger partial charge on any atom is 0.213 e. The third-order valence-electron chi connectivity index (χ3n) is 3.06. The number of anilines is 2. The second kappa shape index (κ2) is 8.65. The van der Waals surface area contributed by atoms with Crippen molar-refractivity contribution in [1.29, 1.82) is 0 Å². The van der Waals surface area contributed by atoms with Gasteiger partial charge in [0.15, 0.2) is 4.34 Å². The third kappa shape index (κ3) is 5.62. The predicted octanol–water partition coefficient (Wildman–Crippen LogP) is 2.66. The molecular formula is C14H20N4O3S3. The number of rotatable bonds is 9. The Morgan fingerprint density at radius 2 is 2.12 bits per heavy atom. The van der Waals surface area contributed by atoms with E-state index in [0.29, 0.717) is 17.3 Å². The Hall–Kier alpha value is -1.36. The van der Waals surface area contributed by atoms with Gasteiger partial charge in [-0.1, -0.05) is 29.2 Å². The van der Waals surface area contributed by atoms with Gasteiger partial charge in [0, 0.05) is 31.6 Å². The van der Waals surface area contributed by atoms with Crippen molar-refractivity contribution < 1.29 is 13.2 Å². The van der Waals surface area contributed by atoms with E-state index in [4.69, 9.17) is 4.74 Å². The number of methoxy groups -OCH3 is 1. The van der Waals surface area contributed by atoms with Gasteiger partial charge in [-0.3, -0.25) is 0 Å². The summed E-state index contributed by atoms with van der Waals surface area (Å²) in [7, 11) is 1.58. The van der Waals surface area contributed by atoms with Gasteiger partial charge >= 0.3 is 0 Å². The molecule has 2 aromatic rings. The molecule has 1 aromatic carbocycles. The van der Waals surface area contributed by atoms with Crippen LogP contribution in [0.2, 0.25) is 0 Å². The number of nitrogens with zero attached hydrogens (tertiary/aromatic N) is 3. The lowest BCUT2D eigenvalue weighted by Crippen LogP contribution is -2.25. The number of aromatic nitrogens is 2. The van der Waals surface area contributed by atoms with E-state index in [1.165, 1.54) is 27.4 Å². The third-order valence-corrected chi connectivity index (χ3v) is 7.03. The number of thioether (sulfide) groups is 1. The Morgan fingerprint density at radius 3 is 2.83 bits per heavy atom. The van der Waals surface area contributed by atoms with Crippen molar-refractivity contribution in [3.05, 3.63) is 24.3 Å². The highest BCUT2D eigenvalue weighted by molar-refractivity contribution is 8.01. The first-order chi connectivity index (χ1) is 11.4. The van der Waals surface area contributed by atoms with Crippen LogP contribution in [0.3, 0.4) is 0 Å². The van der Waals surface area contributed by atoms with Gasteiger partial charge in [-0.25, -0.2) is 12.7 Å². The predicted molar refractivity (Wildman–Crippen MR) is 99.0 cm³/mol. The number of hydrogen-bond acceptors (Lipinski definition) is 8. The molecule has 24 heavy (non-hydrogen) atoms. The molecule has 0 saturated heterocycles. The minimum atomic E-state index is -3.13. The highest BCUT2D eigenvalue weighted by atomic mass is 32.2. The van der Waals surface area contributed by atoms with Gasteiger partial charge in [0.1, 0.15) is 5.75 Å². The molecule has 0 saturated carbocycles. The molecule has 1 aromatic heterocycles. The molecule has 2 rings (SSSR count). The van der Waals surface area contributed by atoms with Crippen LogP contribution in [0.4, 0.5) is 10.8 Å². The fourth-order valence-corrected chi connectivity index (χ4v) is 4.57. The summed E-state index contributed by atoms with van der Waals surface area (Å²) < 4.78 is 30.6. The van der Waals surface area contributed by atoms with Gasteiger partial charge < -0.3 is 10.1 Å². The van der Waals surface area contributed by atoms with Crippen LogP contribution in [-0.4, -0.2) is 55.6 Å². The normalized spacial score (nSPS) is 11.7. The van der Waals surface area contributed by atoms with Crippen molar-refractivity contribution in [3.63, 3.8) is 0 Å². The van der Waals surface area contributed by atoms with Gasteiger partial charge in [0.05, 0.1) is 12.9 Å². The summed E-state index contributed by atoms with van der Waals surface area (Å²) in [6.45, 7) is 0. The van der Waals surface area contributed by atoms with Crippen molar-refractivity contribution in [3.8, 4) is 5.75 Å². The van der Waals surface area contributed by atoms with Crippen LogP contribution >= 0.6 is 23.1 Å². The first kappa shape index (κ1) is 19.0. The molecule has 0 amide bonds. The summed E-state index contributed by atoms with van der Waals surface area (Å²) in [4.78, 5) is 0. The van der Waals surface area contributed by atoms with Crippen molar-refractivity contribution in [2.45, 2.75) is 10.8 Å². The average Bonchev–Trinajstić information content (AvgIpc) is 2.99. The number of hydrogen-bond donors (Lipinski definition) is 1. The molecule has 0 aliphatic carbocycles. The monoisotopic (exact) mass is 388 g/mol. The summed E-state index contributed by atoms with van der Waals surface area (Å²) in [6, 6.07) is 7.56. The van der Waals surface area contributed by atoms with E-state index in [2.05, 4.69) is 15.5 Å². The molecular weight excluding hydrogens is 368 g/mol. The minimum Gasteiger partial charge on any atom is -0.497 e. The highest BCUT2D eigenvalue weighted by Crippen LogP contribution is 2.29. The Morgan fingerprint density at radius 1 is 1.33 bits per heavy atom. The van der Waals surface area contributed by atoms with Crippen molar-refractivity contribution in [2.24, 2.45) is 0 Å². The molecule has 1 heterocycles. The molecule has 0 atom stereocenters. The number of benzene rings is 1. The van der Waals surface area contributed by atoms with E-state index in [9.17, 15) is 8.42 Å². The van der Waals surface area contributed by atoms with Gasteiger partial charge in [-0.05, 0) is 18.6 Å². The second-order valence-electron chi connectivity index (χ2n) is 5.03. The summed E-state index contributed by atoms with van der Waals surface area (Å²) in [6.07, 6.45) is 0.573. The number of sulfonamides is 1. The van der Waals surface area contributed by atoms with E-state index in [-0.39, 0.29) is 5.75 Å². The zero-order chi connectivity index (χ0) is 17.6. The number of ether oxygens (including phenoxy) is 1. The van der Waals surface area contributed by atoms with Crippen LogP contribution < -0.4 is 10.1 Å². The summed E-state index contributed by atoms with van der Waals surface area (Å²) in [5, 5.41) is 12.1. The maximum absolute atomic E-state index is 11.7. The lowest BCUT2D eigenvalue weighted by molar-refractivity contribution is 0.415. The van der Waals surface area contributed by atoms with Gasteiger partial charge in [0.25, 0.3) is 0 Å². The Balaban J connectivity index is 1.83. The van der Waals surface area contributed by atoms with E-state index < -0.39 is 10.0 Å². The first-order valence-corrected chi connectivity index (χ1v) is 10.6. The van der Waals surface area contributed by atoms with E-state index in [1.54, 1.807) is 21.2 Å². The van der Waals surface area contributed by atoms with Gasteiger partial charge in [-0.15, -0.1) is 10.2 Å². The van der Waals surface area contributed by atoms with Crippen LogP contribution in [0, 0.1) is 0 Å². The quantitative estimate of drug-likeness (QED) is 0.522. The van der Waals surface area contributed by atoms with Gasteiger partial charge in [0.2, 0.25) is 15.2 Å². The van der Waals surface area contributed by atoms with Crippen LogP contribution in [0.1, 0.15) is 6.42 Å². The lowest BCUT2D eigenvalue weighted by atomic mass is 10.3. The molecule has 7 nitrogen and oxygen atoms in total. The molecule has 0 fully saturated rings. The SMILES string of the molecule is COc1cccc(Nc2nnc(SCCCS(=O)(=O)N(C)C)s2)c1. The largest absolute Gasteiger partial charge is 0.497 e. The molecule has 0 aliphatic heterocycles. The van der Waals surface area contributed by atoms with Crippen LogP contribution in [0.15, 0.2) is 28.6 Å². The maximum atomic E-state index is 11.7. The summed E-state index contributed by atoms with van der Waals surface area (Å²) in [5.74, 6) is 1.59. The second-order valence-corrected chi connectivity index (χ2v) is 9.65. The number of nitrogens with one attached hydrogen (secondary N) is 1.